The predicted molar refractivity (Wildman–Crippen MR) is 80.8 cm³/mol. The Morgan fingerprint density at radius 3 is 2.80 bits per heavy atom. The van der Waals surface area contributed by atoms with Crippen molar-refractivity contribution in [2.75, 3.05) is 0 Å². The Hall–Kier alpha value is -0.950. The van der Waals surface area contributed by atoms with Crippen LogP contribution < -0.4 is 11.3 Å². The van der Waals surface area contributed by atoms with E-state index in [1.54, 1.807) is 23.9 Å². The van der Waals surface area contributed by atoms with Gasteiger partial charge >= 0.3 is 0 Å². The Morgan fingerprint density at radius 2 is 2.25 bits per heavy atom. The maximum Gasteiger partial charge on any atom is 0.128 e. The lowest BCUT2D eigenvalue weighted by molar-refractivity contribution is 0.497. The van der Waals surface area contributed by atoms with E-state index in [1.165, 1.54) is 6.07 Å². The molecule has 0 bridgehead atoms. The molecule has 1 aromatic heterocycles. The molecule has 1 heterocycles. The second-order valence-electron chi connectivity index (χ2n) is 4.56. The smallest absolute Gasteiger partial charge is 0.128 e. The van der Waals surface area contributed by atoms with Crippen molar-refractivity contribution in [1.29, 1.82) is 0 Å². The van der Waals surface area contributed by atoms with Gasteiger partial charge in [-0.25, -0.2) is 4.39 Å². The van der Waals surface area contributed by atoms with Crippen molar-refractivity contribution in [2.45, 2.75) is 19.4 Å². The first-order valence-electron chi connectivity index (χ1n) is 6.03. The third kappa shape index (κ3) is 3.03. The van der Waals surface area contributed by atoms with E-state index in [4.69, 9.17) is 17.4 Å². The molecule has 0 aliphatic carbocycles. The molecule has 0 spiro atoms. The predicted octanol–water partition coefficient (Wildman–Crippen LogP) is 3.03. The normalized spacial score (nSPS) is 12.7. The summed E-state index contributed by atoms with van der Waals surface area (Å²) in [6.07, 6.45) is 0.444. The average Bonchev–Trinajstić information content (AvgIpc) is 2.65. The molecule has 0 radical (unpaired) electrons. The molecule has 7 heteroatoms. The minimum absolute atomic E-state index is 0.314. The number of rotatable bonds is 4. The van der Waals surface area contributed by atoms with E-state index < -0.39 is 0 Å². The summed E-state index contributed by atoms with van der Waals surface area (Å²) in [5, 5.41) is 4.83. The largest absolute Gasteiger partial charge is 0.271 e. The highest BCUT2D eigenvalue weighted by Crippen LogP contribution is 2.28. The highest BCUT2D eigenvalue weighted by Gasteiger charge is 2.20. The number of benzene rings is 1. The van der Waals surface area contributed by atoms with Gasteiger partial charge in [0.1, 0.15) is 5.82 Å². The Balaban J connectivity index is 2.36. The molecule has 3 N–H and O–H groups in total. The van der Waals surface area contributed by atoms with Crippen LogP contribution in [0.3, 0.4) is 0 Å². The molecule has 2 aromatic rings. The number of halogens is 3. The summed E-state index contributed by atoms with van der Waals surface area (Å²) in [6.45, 7) is 1.83. The summed E-state index contributed by atoms with van der Waals surface area (Å²) >= 11 is 9.55. The van der Waals surface area contributed by atoms with E-state index in [1.807, 2.05) is 6.92 Å². The van der Waals surface area contributed by atoms with Crippen LogP contribution in [-0.4, -0.2) is 9.78 Å². The van der Waals surface area contributed by atoms with Crippen LogP contribution in [0.25, 0.3) is 0 Å². The number of nitrogens with two attached hydrogens (primary N) is 1. The van der Waals surface area contributed by atoms with Gasteiger partial charge in [0.15, 0.2) is 0 Å². The zero-order valence-corrected chi connectivity index (χ0v) is 13.5. The number of nitrogens with zero attached hydrogens (tertiary/aromatic N) is 2. The van der Waals surface area contributed by atoms with E-state index in [2.05, 4.69) is 26.5 Å². The van der Waals surface area contributed by atoms with Gasteiger partial charge in [0.25, 0.3) is 0 Å². The van der Waals surface area contributed by atoms with Gasteiger partial charge in [-0.3, -0.25) is 16.0 Å². The summed E-state index contributed by atoms with van der Waals surface area (Å²) in [5.41, 5.74) is 4.68. The standard InChI is InChI=1S/C13H15BrClFN4/c1-7-13(15)12(20(2)19-7)6-11(18-17)9-5-8(14)3-4-10(9)16/h3-5,11,18H,6,17H2,1-2H3. The monoisotopic (exact) mass is 360 g/mol. The Kier molecular flexibility index (Phi) is 4.80. The first-order chi connectivity index (χ1) is 9.43. The fourth-order valence-corrected chi connectivity index (χ4v) is 2.75. The molecule has 0 aliphatic rings. The molecule has 1 aromatic carbocycles. The molecule has 1 unspecified atom stereocenters. The van der Waals surface area contributed by atoms with Gasteiger partial charge in [-0.15, -0.1) is 0 Å². The Bertz CT molecular complexity index is 629. The second kappa shape index (κ2) is 6.22. The van der Waals surface area contributed by atoms with Crippen molar-refractivity contribution in [3.05, 3.63) is 50.5 Å². The van der Waals surface area contributed by atoms with E-state index >= 15 is 0 Å². The van der Waals surface area contributed by atoms with Crippen LogP contribution in [-0.2, 0) is 13.5 Å². The zero-order valence-electron chi connectivity index (χ0n) is 11.1. The number of nitrogens with one attached hydrogen (secondary N) is 1. The molecule has 108 valence electrons. The van der Waals surface area contributed by atoms with Crippen molar-refractivity contribution in [3.8, 4) is 0 Å². The third-order valence-corrected chi connectivity index (χ3v) is 4.18. The molecule has 0 saturated carbocycles. The average molecular weight is 362 g/mol. The molecule has 0 saturated heterocycles. The molecule has 0 amide bonds. The molecular weight excluding hydrogens is 347 g/mol. The van der Waals surface area contributed by atoms with Gasteiger partial charge in [0.05, 0.1) is 22.5 Å². The SMILES string of the molecule is Cc1nn(C)c(CC(NN)c2cc(Br)ccc2F)c1Cl. The molecule has 2 rings (SSSR count). The lowest BCUT2D eigenvalue weighted by atomic mass is 10.0. The molecule has 0 fully saturated rings. The molecular formula is C13H15BrClFN4. The van der Waals surface area contributed by atoms with Crippen LogP contribution >= 0.6 is 27.5 Å². The maximum absolute atomic E-state index is 13.9. The van der Waals surface area contributed by atoms with Gasteiger partial charge < -0.3 is 0 Å². The summed E-state index contributed by atoms with van der Waals surface area (Å²) in [7, 11) is 1.80. The van der Waals surface area contributed by atoms with Crippen LogP contribution in [0.15, 0.2) is 22.7 Å². The second-order valence-corrected chi connectivity index (χ2v) is 5.85. The van der Waals surface area contributed by atoms with Crippen molar-refractivity contribution >= 4 is 27.5 Å². The fourth-order valence-electron chi connectivity index (χ4n) is 2.14. The Labute approximate surface area is 130 Å². The van der Waals surface area contributed by atoms with Gasteiger partial charge in [0, 0.05) is 23.5 Å². The van der Waals surface area contributed by atoms with E-state index in [9.17, 15) is 4.39 Å². The van der Waals surface area contributed by atoms with E-state index in [0.717, 1.165) is 15.9 Å². The first-order valence-corrected chi connectivity index (χ1v) is 7.20. The van der Waals surface area contributed by atoms with Gasteiger partial charge in [-0.1, -0.05) is 27.5 Å². The van der Waals surface area contributed by atoms with Crippen LogP contribution in [0.2, 0.25) is 5.02 Å². The van der Waals surface area contributed by atoms with Crippen molar-refractivity contribution < 1.29 is 4.39 Å². The molecule has 0 aliphatic heterocycles. The minimum Gasteiger partial charge on any atom is -0.271 e. The van der Waals surface area contributed by atoms with Crippen LogP contribution in [0.4, 0.5) is 4.39 Å². The first kappa shape index (κ1) is 15.4. The fraction of sp³-hybridized carbons (Fsp3) is 0.308. The van der Waals surface area contributed by atoms with Crippen molar-refractivity contribution in [1.82, 2.24) is 15.2 Å². The quantitative estimate of drug-likeness (QED) is 0.650. The number of hydrazine groups is 1. The zero-order chi connectivity index (χ0) is 14.9. The number of aryl methyl sites for hydroxylation is 2. The number of hydrogen-bond donors (Lipinski definition) is 2. The van der Waals surface area contributed by atoms with Gasteiger partial charge in [-0.05, 0) is 25.1 Å². The number of aromatic nitrogens is 2. The maximum atomic E-state index is 13.9. The molecule has 20 heavy (non-hydrogen) atoms. The van der Waals surface area contributed by atoms with Crippen molar-refractivity contribution in [3.63, 3.8) is 0 Å². The van der Waals surface area contributed by atoms with Crippen LogP contribution in [0.1, 0.15) is 23.0 Å². The summed E-state index contributed by atoms with van der Waals surface area (Å²) in [6, 6.07) is 4.37. The lowest BCUT2D eigenvalue weighted by Gasteiger charge is -2.17. The highest BCUT2D eigenvalue weighted by atomic mass is 79.9. The third-order valence-electron chi connectivity index (χ3n) is 3.19. The Morgan fingerprint density at radius 1 is 1.55 bits per heavy atom. The molecule has 1 atom stereocenters. The summed E-state index contributed by atoms with van der Waals surface area (Å²) < 4.78 is 16.4. The topological polar surface area (TPSA) is 55.9 Å². The van der Waals surface area contributed by atoms with Gasteiger partial charge in [0.2, 0.25) is 0 Å². The van der Waals surface area contributed by atoms with Crippen molar-refractivity contribution in [2.24, 2.45) is 12.9 Å². The molecule has 4 nitrogen and oxygen atoms in total. The van der Waals surface area contributed by atoms with E-state index in [-0.39, 0.29) is 11.9 Å². The van der Waals surface area contributed by atoms with E-state index in [0.29, 0.717) is 17.0 Å². The van der Waals surface area contributed by atoms with Crippen LogP contribution in [0, 0.1) is 12.7 Å². The minimum atomic E-state index is -0.389. The lowest BCUT2D eigenvalue weighted by Crippen LogP contribution is -2.31. The van der Waals surface area contributed by atoms with Crippen LogP contribution in [0.5, 0.6) is 0 Å². The van der Waals surface area contributed by atoms with Gasteiger partial charge in [-0.2, -0.15) is 5.10 Å². The number of hydrogen-bond acceptors (Lipinski definition) is 3. The summed E-state index contributed by atoms with van der Waals surface area (Å²) in [5.74, 6) is 5.26. The highest BCUT2D eigenvalue weighted by molar-refractivity contribution is 9.10. The summed E-state index contributed by atoms with van der Waals surface area (Å²) in [4.78, 5) is 0.